The molecule has 5 heteroatoms. The summed E-state index contributed by atoms with van der Waals surface area (Å²) in [4.78, 5) is 1.41. The summed E-state index contributed by atoms with van der Waals surface area (Å²) >= 11 is 10.6. The van der Waals surface area contributed by atoms with E-state index in [1.165, 1.54) is 0 Å². The number of halogens is 3. The second-order valence-corrected chi connectivity index (χ2v) is 13.1. The summed E-state index contributed by atoms with van der Waals surface area (Å²) in [6, 6.07) is 0. The molecule has 0 saturated carbocycles. The van der Waals surface area contributed by atoms with Gasteiger partial charge in [0.2, 0.25) is 0 Å². The fourth-order valence-electron chi connectivity index (χ4n) is 1.57. The average Bonchev–Trinajstić information content (AvgIpc) is 2.21. The van der Waals surface area contributed by atoms with E-state index in [-0.39, 0.29) is 0 Å². The third kappa shape index (κ3) is 11.2. The lowest BCUT2D eigenvalue weighted by Gasteiger charge is -2.20. The van der Waals surface area contributed by atoms with Gasteiger partial charge in [0, 0.05) is 33.0 Å². The summed E-state index contributed by atoms with van der Waals surface area (Å²) in [5.74, 6) is 0. The van der Waals surface area contributed by atoms with Gasteiger partial charge >= 0.3 is 0 Å². The quantitative estimate of drug-likeness (QED) is 0.314. The molecule has 104 valence electrons. The molecule has 1 nitrogen and oxygen atoms in total. The Morgan fingerprint density at radius 3 is 1.18 bits per heavy atom. The van der Waals surface area contributed by atoms with Crippen LogP contribution in [0.15, 0.2) is 0 Å². The predicted octanol–water partition coefficient (Wildman–Crippen LogP) is 5.87. The topological polar surface area (TPSA) is 17.1 Å². The van der Waals surface area contributed by atoms with Gasteiger partial charge in [0.05, 0.1) is 7.14 Å². The molecular weight excluding hydrogens is 431 g/mol. The molecule has 0 amide bonds. The summed E-state index contributed by atoms with van der Waals surface area (Å²) in [7, 11) is -1.97. The Labute approximate surface area is 132 Å². The maximum Gasteiger partial charge on any atom is 0.0878 e. The van der Waals surface area contributed by atoms with Crippen molar-refractivity contribution in [1.29, 1.82) is 0 Å². The van der Waals surface area contributed by atoms with Crippen LogP contribution in [0.5, 0.6) is 0 Å². The van der Waals surface area contributed by atoms with Crippen molar-refractivity contribution in [2.24, 2.45) is 0 Å². The van der Waals surface area contributed by atoms with Crippen LogP contribution >= 0.6 is 54.9 Å². The Balaban J connectivity index is 4.29. The minimum absolute atomic E-state index is 0.471. The zero-order chi connectivity index (χ0) is 13.5. The molecule has 3 unspecified atom stereocenters. The van der Waals surface area contributed by atoms with E-state index in [9.17, 15) is 4.57 Å². The zero-order valence-corrected chi connectivity index (χ0v) is 16.6. The van der Waals surface area contributed by atoms with Crippen molar-refractivity contribution < 1.29 is 4.57 Å². The first-order valence-electron chi connectivity index (χ1n) is 6.24. The predicted molar refractivity (Wildman–Crippen MR) is 91.2 cm³/mol. The van der Waals surface area contributed by atoms with Gasteiger partial charge in [-0.2, -0.15) is 0 Å². The fourth-order valence-corrected chi connectivity index (χ4v) is 6.57. The molecule has 0 fully saturated rings. The van der Waals surface area contributed by atoms with Gasteiger partial charge in [0.15, 0.2) is 0 Å². The largest absolute Gasteiger partial charge is 0.324 e. The molecule has 0 aliphatic rings. The number of hydrogen-bond acceptors (Lipinski definition) is 1. The maximum atomic E-state index is 12.9. The van der Waals surface area contributed by atoms with Crippen LogP contribution in [0.2, 0.25) is 0 Å². The molecule has 0 bridgehead atoms. The van der Waals surface area contributed by atoms with E-state index >= 15 is 0 Å². The fraction of sp³-hybridized carbons (Fsp3) is 1.00. The van der Waals surface area contributed by atoms with Gasteiger partial charge in [-0.3, -0.25) is 0 Å². The first-order chi connectivity index (χ1) is 7.75. The molecule has 0 saturated heterocycles. The van der Waals surface area contributed by atoms with Crippen molar-refractivity contribution in [3.8, 4) is 0 Å². The van der Waals surface area contributed by atoms with Crippen LogP contribution in [0, 0.1) is 0 Å². The van der Waals surface area contributed by atoms with Gasteiger partial charge in [-0.15, -0.1) is 0 Å². The summed E-state index contributed by atoms with van der Waals surface area (Å²) in [5.41, 5.74) is 0. The average molecular weight is 455 g/mol. The van der Waals surface area contributed by atoms with Crippen LogP contribution in [0.3, 0.4) is 0 Å². The lowest BCUT2D eigenvalue weighted by atomic mass is 10.4. The van der Waals surface area contributed by atoms with E-state index in [4.69, 9.17) is 0 Å². The van der Waals surface area contributed by atoms with Gasteiger partial charge < -0.3 is 4.57 Å². The van der Waals surface area contributed by atoms with Crippen LogP contribution in [0.4, 0.5) is 0 Å². The highest BCUT2D eigenvalue weighted by atomic mass is 79.9. The molecule has 0 radical (unpaired) electrons. The van der Waals surface area contributed by atoms with Gasteiger partial charge in [0.1, 0.15) is 0 Å². The molecule has 0 N–H and O–H groups in total. The Morgan fingerprint density at radius 2 is 1.00 bits per heavy atom. The van der Waals surface area contributed by atoms with Crippen molar-refractivity contribution in [3.63, 3.8) is 0 Å². The van der Waals surface area contributed by atoms with Crippen LogP contribution in [0.25, 0.3) is 0 Å². The van der Waals surface area contributed by atoms with E-state index in [1.807, 2.05) is 0 Å². The number of hydrogen-bond donors (Lipinski definition) is 0. The maximum absolute atomic E-state index is 12.9. The summed E-state index contributed by atoms with van der Waals surface area (Å²) in [6.45, 7) is 6.39. The van der Waals surface area contributed by atoms with Crippen LogP contribution in [0.1, 0.15) is 40.0 Å². The van der Waals surface area contributed by atoms with E-state index in [2.05, 4.69) is 68.6 Å². The zero-order valence-electron chi connectivity index (χ0n) is 11.0. The highest BCUT2D eigenvalue weighted by Gasteiger charge is 2.23. The second kappa shape index (κ2) is 9.55. The Bertz CT molecular complexity index is 204. The van der Waals surface area contributed by atoms with Crippen LogP contribution in [-0.4, -0.2) is 33.0 Å². The van der Waals surface area contributed by atoms with Gasteiger partial charge in [-0.05, 0) is 19.3 Å². The Kier molecular flexibility index (Phi) is 10.5. The lowest BCUT2D eigenvalue weighted by Crippen LogP contribution is -2.08. The molecule has 0 rings (SSSR count). The van der Waals surface area contributed by atoms with Crippen molar-refractivity contribution in [2.75, 3.05) is 18.5 Å². The van der Waals surface area contributed by atoms with Crippen LogP contribution < -0.4 is 0 Å². The highest BCUT2D eigenvalue weighted by molar-refractivity contribution is 9.10. The summed E-state index contributed by atoms with van der Waals surface area (Å²) < 4.78 is 12.9. The minimum Gasteiger partial charge on any atom is -0.324 e. The smallest absolute Gasteiger partial charge is 0.0878 e. The molecule has 0 aliphatic heterocycles. The van der Waals surface area contributed by atoms with Crippen molar-refractivity contribution in [3.05, 3.63) is 0 Å². The normalized spacial score (nSPS) is 20.6. The SMILES string of the molecule is CC(Br)CCP(=O)(CCC(C)Br)CCC(C)Br. The molecule has 0 aromatic carbocycles. The molecular formula is C12H24Br3OP. The highest BCUT2D eigenvalue weighted by Crippen LogP contribution is 2.49. The standard InChI is InChI=1S/C12H24Br3OP/c1-10(13)4-7-17(16,8-5-11(2)14)9-6-12(3)15/h10-12H,4-9H2,1-3H3. The number of alkyl halides is 3. The molecule has 17 heavy (non-hydrogen) atoms. The molecule has 3 atom stereocenters. The van der Waals surface area contributed by atoms with E-state index < -0.39 is 7.14 Å². The molecule has 0 aromatic heterocycles. The Hall–Kier alpha value is 1.67. The lowest BCUT2D eigenvalue weighted by molar-refractivity contribution is 0.568. The van der Waals surface area contributed by atoms with Crippen molar-refractivity contribution in [2.45, 2.75) is 54.5 Å². The van der Waals surface area contributed by atoms with Gasteiger partial charge in [-0.25, -0.2) is 0 Å². The number of rotatable bonds is 9. The first-order valence-corrected chi connectivity index (χ1v) is 11.3. The van der Waals surface area contributed by atoms with E-state index in [0.717, 1.165) is 37.7 Å². The van der Waals surface area contributed by atoms with Gasteiger partial charge in [0.25, 0.3) is 0 Å². The molecule has 0 aliphatic carbocycles. The molecule has 0 spiro atoms. The van der Waals surface area contributed by atoms with E-state index in [1.54, 1.807) is 0 Å². The first kappa shape index (κ1) is 18.7. The minimum atomic E-state index is -1.97. The van der Waals surface area contributed by atoms with Crippen LogP contribution in [-0.2, 0) is 4.57 Å². The van der Waals surface area contributed by atoms with Crippen molar-refractivity contribution >= 4 is 54.9 Å². The van der Waals surface area contributed by atoms with Crippen molar-refractivity contribution in [1.82, 2.24) is 0 Å². The third-order valence-electron chi connectivity index (χ3n) is 2.80. The third-order valence-corrected chi connectivity index (χ3v) is 7.40. The Morgan fingerprint density at radius 1 is 0.765 bits per heavy atom. The van der Waals surface area contributed by atoms with Gasteiger partial charge in [-0.1, -0.05) is 68.6 Å². The molecule has 0 heterocycles. The molecule has 0 aromatic rings. The second-order valence-electron chi connectivity index (χ2n) is 4.94. The monoisotopic (exact) mass is 452 g/mol. The summed E-state index contributed by atoms with van der Waals surface area (Å²) in [6.07, 6.45) is 5.72. The summed E-state index contributed by atoms with van der Waals surface area (Å²) in [5, 5.41) is 0. The van der Waals surface area contributed by atoms with E-state index in [0.29, 0.717) is 14.5 Å².